The van der Waals surface area contributed by atoms with Gasteiger partial charge in [0.1, 0.15) is 15.8 Å². The number of nitrogens with zero attached hydrogens (tertiary/aromatic N) is 1. The van der Waals surface area contributed by atoms with E-state index in [0.29, 0.717) is 42.4 Å². The molecule has 37 heavy (non-hydrogen) atoms. The molecule has 3 amide bonds. The zero-order valence-corrected chi connectivity index (χ0v) is 23.0. The van der Waals surface area contributed by atoms with Crippen molar-refractivity contribution in [2.24, 2.45) is 0 Å². The number of hydrogen-bond donors (Lipinski definition) is 2. The van der Waals surface area contributed by atoms with E-state index in [-0.39, 0.29) is 24.1 Å². The number of ether oxygens (including phenoxy) is 1. The molecule has 1 unspecified atom stereocenters. The van der Waals surface area contributed by atoms with Gasteiger partial charge in [-0.25, -0.2) is 5.48 Å². The van der Waals surface area contributed by atoms with Gasteiger partial charge in [0.25, 0.3) is 0 Å². The van der Waals surface area contributed by atoms with E-state index in [4.69, 9.17) is 21.8 Å². The predicted molar refractivity (Wildman–Crippen MR) is 148 cm³/mol. The minimum atomic E-state index is -0.530. The zero-order chi connectivity index (χ0) is 26.8. The molecule has 2 aromatic rings. The van der Waals surface area contributed by atoms with Crippen molar-refractivity contribution >= 4 is 46.0 Å². The fourth-order valence-electron chi connectivity index (χ4n) is 3.39. The Morgan fingerprint density at radius 1 is 1.00 bits per heavy atom. The normalized spacial score (nSPS) is 15.5. The third kappa shape index (κ3) is 9.79. The summed E-state index contributed by atoms with van der Waals surface area (Å²) in [6.07, 6.45) is 1.57. The SMILES string of the molecule is CC(C)(C)ONC(=O)CCCCN1C(=O)C(CC(=O)NCc2ccc(Oc3ccccc3)cc2)SC1=S. The first-order valence-corrected chi connectivity index (χ1v) is 13.5. The number of amides is 3. The van der Waals surface area contributed by atoms with Crippen molar-refractivity contribution < 1.29 is 24.0 Å². The maximum absolute atomic E-state index is 12.8. The maximum Gasteiger partial charge on any atom is 0.243 e. The highest BCUT2D eigenvalue weighted by Crippen LogP contribution is 2.30. The van der Waals surface area contributed by atoms with Gasteiger partial charge >= 0.3 is 0 Å². The second-order valence-electron chi connectivity index (χ2n) is 9.60. The molecule has 0 saturated carbocycles. The van der Waals surface area contributed by atoms with Gasteiger partial charge in [-0.05, 0) is 63.4 Å². The Kier molecular flexibility index (Phi) is 10.5. The molecule has 2 N–H and O–H groups in total. The van der Waals surface area contributed by atoms with E-state index in [9.17, 15) is 14.4 Å². The largest absolute Gasteiger partial charge is 0.457 e. The van der Waals surface area contributed by atoms with Crippen LogP contribution in [0.25, 0.3) is 0 Å². The lowest BCUT2D eigenvalue weighted by Gasteiger charge is -2.19. The van der Waals surface area contributed by atoms with Crippen molar-refractivity contribution in [1.82, 2.24) is 15.7 Å². The molecule has 0 spiro atoms. The third-order valence-electron chi connectivity index (χ3n) is 5.27. The fourth-order valence-corrected chi connectivity index (χ4v) is 4.93. The molecule has 3 rings (SSSR count). The fraction of sp³-hybridized carbons (Fsp3) is 0.407. The first kappa shape index (κ1) is 28.6. The summed E-state index contributed by atoms with van der Waals surface area (Å²) in [6.45, 7) is 6.32. The van der Waals surface area contributed by atoms with Crippen LogP contribution in [0.4, 0.5) is 0 Å². The van der Waals surface area contributed by atoms with Crippen LogP contribution in [0.2, 0.25) is 0 Å². The lowest BCUT2D eigenvalue weighted by Crippen LogP contribution is -2.35. The average Bonchev–Trinajstić information content (AvgIpc) is 3.12. The quantitative estimate of drug-likeness (QED) is 0.227. The van der Waals surface area contributed by atoms with Crippen LogP contribution in [0.1, 0.15) is 52.0 Å². The minimum Gasteiger partial charge on any atom is -0.457 e. The molecule has 1 heterocycles. The van der Waals surface area contributed by atoms with Crippen molar-refractivity contribution in [1.29, 1.82) is 0 Å². The highest BCUT2D eigenvalue weighted by atomic mass is 32.2. The Hall–Kier alpha value is -2.95. The lowest BCUT2D eigenvalue weighted by molar-refractivity contribution is -0.145. The molecule has 8 nitrogen and oxygen atoms in total. The molecule has 0 aliphatic carbocycles. The second kappa shape index (κ2) is 13.6. The molecule has 0 aromatic heterocycles. The molecule has 10 heteroatoms. The number of benzene rings is 2. The van der Waals surface area contributed by atoms with Gasteiger partial charge in [0, 0.05) is 25.9 Å². The van der Waals surface area contributed by atoms with Crippen molar-refractivity contribution in [3.8, 4) is 11.5 Å². The molecule has 1 atom stereocenters. The molecular weight excluding hydrogens is 510 g/mol. The first-order valence-electron chi connectivity index (χ1n) is 12.2. The number of nitrogens with one attached hydrogen (secondary N) is 2. The number of thioether (sulfide) groups is 1. The van der Waals surface area contributed by atoms with Gasteiger partial charge in [-0.15, -0.1) is 0 Å². The summed E-state index contributed by atoms with van der Waals surface area (Å²) in [4.78, 5) is 43.9. The number of hydrogen-bond acceptors (Lipinski definition) is 7. The molecular formula is C27H33N3O5S2. The van der Waals surface area contributed by atoms with E-state index in [0.717, 1.165) is 11.3 Å². The van der Waals surface area contributed by atoms with Crippen molar-refractivity contribution in [3.05, 3.63) is 60.2 Å². The number of para-hydroxylation sites is 1. The molecule has 198 valence electrons. The van der Waals surface area contributed by atoms with Gasteiger partial charge in [0.2, 0.25) is 17.7 Å². The number of rotatable bonds is 12. The summed E-state index contributed by atoms with van der Waals surface area (Å²) in [5.41, 5.74) is 2.90. The predicted octanol–water partition coefficient (Wildman–Crippen LogP) is 4.73. The van der Waals surface area contributed by atoms with Crippen LogP contribution in [0, 0.1) is 0 Å². The number of carbonyl (C=O) groups is 3. The molecule has 1 aliphatic heterocycles. The molecule has 1 saturated heterocycles. The first-order chi connectivity index (χ1) is 17.6. The molecule has 0 bridgehead atoms. The van der Waals surface area contributed by atoms with Crippen LogP contribution in [-0.4, -0.2) is 44.3 Å². The van der Waals surface area contributed by atoms with E-state index >= 15 is 0 Å². The molecule has 0 radical (unpaired) electrons. The standard InChI is InChI=1S/C27H33N3O5S2/c1-27(2,3)35-29-23(31)11-7-8-16-30-25(33)22(37-26(30)36)17-24(32)28-18-19-12-14-21(15-13-19)34-20-9-5-4-6-10-20/h4-6,9-10,12-15,22H,7-8,11,16-18H2,1-3H3,(H,28,32)(H,29,31). The van der Waals surface area contributed by atoms with Crippen LogP contribution in [0.15, 0.2) is 54.6 Å². The number of carbonyl (C=O) groups excluding carboxylic acids is 3. The highest BCUT2D eigenvalue weighted by molar-refractivity contribution is 8.24. The molecule has 1 aliphatic rings. The van der Waals surface area contributed by atoms with Crippen molar-refractivity contribution in [3.63, 3.8) is 0 Å². The van der Waals surface area contributed by atoms with Crippen LogP contribution < -0.4 is 15.5 Å². The molecule has 2 aromatic carbocycles. The van der Waals surface area contributed by atoms with Crippen LogP contribution >= 0.6 is 24.0 Å². The van der Waals surface area contributed by atoms with E-state index in [1.54, 1.807) is 0 Å². The average molecular weight is 544 g/mol. The zero-order valence-electron chi connectivity index (χ0n) is 21.3. The van der Waals surface area contributed by atoms with E-state index in [1.165, 1.54) is 16.7 Å². The summed E-state index contributed by atoms with van der Waals surface area (Å²) in [6, 6.07) is 17.0. The Bertz CT molecular complexity index is 1090. The summed E-state index contributed by atoms with van der Waals surface area (Å²) in [7, 11) is 0. The second-order valence-corrected chi connectivity index (χ2v) is 11.4. The van der Waals surface area contributed by atoms with Crippen LogP contribution in [0.3, 0.4) is 0 Å². The van der Waals surface area contributed by atoms with Crippen molar-refractivity contribution in [2.75, 3.05) is 6.54 Å². The van der Waals surface area contributed by atoms with Gasteiger partial charge < -0.3 is 10.1 Å². The number of hydroxylamine groups is 1. The van der Waals surface area contributed by atoms with Gasteiger partial charge in [0.15, 0.2) is 0 Å². The third-order valence-corrected chi connectivity index (χ3v) is 6.86. The smallest absolute Gasteiger partial charge is 0.243 e. The monoisotopic (exact) mass is 543 g/mol. The van der Waals surface area contributed by atoms with E-state index in [1.807, 2.05) is 75.4 Å². The van der Waals surface area contributed by atoms with Crippen LogP contribution in [0.5, 0.6) is 11.5 Å². The van der Waals surface area contributed by atoms with E-state index in [2.05, 4.69) is 10.8 Å². The lowest BCUT2D eigenvalue weighted by atomic mass is 10.2. The van der Waals surface area contributed by atoms with Crippen LogP contribution in [-0.2, 0) is 25.8 Å². The summed E-state index contributed by atoms with van der Waals surface area (Å²) < 4.78 is 6.25. The molecule has 1 fully saturated rings. The van der Waals surface area contributed by atoms with E-state index < -0.39 is 10.9 Å². The topological polar surface area (TPSA) is 97.0 Å². The minimum absolute atomic E-state index is 0.0574. The summed E-state index contributed by atoms with van der Waals surface area (Å²) in [5.74, 6) is 0.892. The Morgan fingerprint density at radius 3 is 2.35 bits per heavy atom. The Balaban J connectivity index is 1.36. The van der Waals surface area contributed by atoms with Gasteiger partial charge in [-0.1, -0.05) is 54.3 Å². The highest BCUT2D eigenvalue weighted by Gasteiger charge is 2.37. The number of unbranched alkanes of at least 4 members (excludes halogenated alkanes) is 1. The Morgan fingerprint density at radius 2 is 1.68 bits per heavy atom. The maximum atomic E-state index is 12.8. The summed E-state index contributed by atoms with van der Waals surface area (Å²) in [5, 5.41) is 2.34. The summed E-state index contributed by atoms with van der Waals surface area (Å²) >= 11 is 6.60. The van der Waals surface area contributed by atoms with Crippen molar-refractivity contribution in [2.45, 2.75) is 63.9 Å². The number of thiocarbonyl (C=S) groups is 1. The van der Waals surface area contributed by atoms with Gasteiger partial charge in [-0.3, -0.25) is 24.1 Å². The van der Waals surface area contributed by atoms with Gasteiger partial charge in [-0.2, -0.15) is 0 Å². The Labute approximate surface area is 227 Å². The van der Waals surface area contributed by atoms with Gasteiger partial charge in [0.05, 0.1) is 10.9 Å².